The zero-order chi connectivity index (χ0) is 29.3. The van der Waals surface area contributed by atoms with Crippen LogP contribution in [0.3, 0.4) is 0 Å². The number of aliphatic hydroxyl groups excluding tert-OH is 1. The highest BCUT2D eigenvalue weighted by atomic mass is 32.1. The number of benzene rings is 1. The smallest absolute Gasteiger partial charge is 0.312 e. The van der Waals surface area contributed by atoms with Crippen molar-refractivity contribution < 1.29 is 24.5 Å². The molecule has 3 rings (SSSR count). The Bertz CT molecular complexity index is 1190. The first kappa shape index (κ1) is 31.2. The Balaban J connectivity index is 1.85. The van der Waals surface area contributed by atoms with Crippen LogP contribution in [0.5, 0.6) is 5.75 Å². The molecule has 7 heteroatoms. The van der Waals surface area contributed by atoms with Gasteiger partial charge in [-0.1, -0.05) is 67.0 Å². The van der Waals surface area contributed by atoms with Crippen LogP contribution >= 0.6 is 11.3 Å². The predicted octanol–water partition coefficient (Wildman–Crippen LogP) is 6.88. The van der Waals surface area contributed by atoms with Crippen LogP contribution in [-0.4, -0.2) is 40.8 Å². The molecule has 1 aromatic heterocycles. The van der Waals surface area contributed by atoms with E-state index in [1.54, 1.807) is 0 Å². The second-order valence-electron chi connectivity index (χ2n) is 12.5. The molecule has 0 bridgehead atoms. The van der Waals surface area contributed by atoms with Crippen molar-refractivity contribution in [1.82, 2.24) is 5.32 Å². The van der Waals surface area contributed by atoms with Crippen LogP contribution in [0.25, 0.3) is 0 Å². The van der Waals surface area contributed by atoms with Crippen LogP contribution in [0.1, 0.15) is 105 Å². The average Bonchev–Trinajstić information content (AvgIpc) is 3.47. The number of ether oxygens (including phenoxy) is 1. The van der Waals surface area contributed by atoms with E-state index in [0.29, 0.717) is 11.3 Å². The minimum absolute atomic E-state index is 0.0000399. The Kier molecular flexibility index (Phi) is 9.28. The number of nitrogens with one attached hydrogen (secondary N) is 1. The zero-order valence-electron chi connectivity index (χ0n) is 25.1. The topological polar surface area (TPSA) is 95.9 Å². The summed E-state index contributed by atoms with van der Waals surface area (Å²) in [5, 5.41) is 23.3. The molecule has 6 nitrogen and oxygen atoms in total. The molecular formula is C32H47NO5S. The van der Waals surface area contributed by atoms with E-state index in [1.165, 1.54) is 16.9 Å². The van der Waals surface area contributed by atoms with Gasteiger partial charge in [-0.15, -0.1) is 11.3 Å². The number of hydrogen-bond donors (Lipinski definition) is 3. The van der Waals surface area contributed by atoms with Crippen LogP contribution in [0.2, 0.25) is 0 Å². The Labute approximate surface area is 238 Å². The Morgan fingerprint density at radius 3 is 2.28 bits per heavy atom. The predicted molar refractivity (Wildman–Crippen MR) is 158 cm³/mol. The minimum Gasteiger partial charge on any atom is -0.491 e. The first-order chi connectivity index (χ1) is 18.2. The Morgan fingerprint density at radius 1 is 1.13 bits per heavy atom. The molecule has 1 aliphatic carbocycles. The van der Waals surface area contributed by atoms with E-state index in [1.807, 2.05) is 54.5 Å². The summed E-state index contributed by atoms with van der Waals surface area (Å²) in [4.78, 5) is 27.2. The van der Waals surface area contributed by atoms with Crippen molar-refractivity contribution in [3.63, 3.8) is 0 Å². The fraction of sp³-hybridized carbons (Fsp3) is 0.625. The molecule has 1 saturated carbocycles. The summed E-state index contributed by atoms with van der Waals surface area (Å²) < 4.78 is 5.98. The van der Waals surface area contributed by atoms with Crippen LogP contribution < -0.4 is 10.1 Å². The molecule has 1 aromatic carbocycles. The zero-order valence-corrected chi connectivity index (χ0v) is 25.9. The molecule has 0 radical (unpaired) electrons. The summed E-state index contributed by atoms with van der Waals surface area (Å²) in [7, 11) is 0. The van der Waals surface area contributed by atoms with Crippen molar-refractivity contribution >= 4 is 23.2 Å². The second-order valence-corrected chi connectivity index (χ2v) is 13.5. The summed E-state index contributed by atoms with van der Waals surface area (Å²) in [5.74, 6) is -0.241. The van der Waals surface area contributed by atoms with Gasteiger partial charge in [-0.3, -0.25) is 9.59 Å². The molecule has 1 aliphatic rings. The van der Waals surface area contributed by atoms with E-state index < -0.39 is 17.5 Å². The molecule has 39 heavy (non-hydrogen) atoms. The fourth-order valence-electron chi connectivity index (χ4n) is 5.66. The van der Waals surface area contributed by atoms with Gasteiger partial charge in [0, 0.05) is 16.3 Å². The van der Waals surface area contributed by atoms with E-state index in [-0.39, 0.29) is 35.3 Å². The number of thiophene rings is 1. The molecule has 0 spiro atoms. The molecular weight excluding hydrogens is 510 g/mol. The van der Waals surface area contributed by atoms with Crippen molar-refractivity contribution in [1.29, 1.82) is 0 Å². The van der Waals surface area contributed by atoms with E-state index >= 15 is 0 Å². The number of carboxylic acids is 1. The van der Waals surface area contributed by atoms with Crippen molar-refractivity contribution in [3.8, 4) is 5.75 Å². The van der Waals surface area contributed by atoms with Crippen molar-refractivity contribution in [3.05, 3.63) is 50.7 Å². The third-order valence-corrected chi connectivity index (χ3v) is 10.6. The number of aliphatic hydroxyl groups is 1. The number of amides is 1. The highest BCUT2D eigenvalue weighted by molar-refractivity contribution is 7.14. The Hall–Kier alpha value is -2.38. The summed E-state index contributed by atoms with van der Waals surface area (Å²) in [6.45, 7) is 18.5. The van der Waals surface area contributed by atoms with Crippen molar-refractivity contribution in [2.75, 3.05) is 6.61 Å². The average molecular weight is 558 g/mol. The Morgan fingerprint density at radius 2 is 1.77 bits per heavy atom. The third-order valence-electron chi connectivity index (χ3n) is 9.13. The van der Waals surface area contributed by atoms with E-state index in [9.17, 15) is 19.8 Å². The highest BCUT2D eigenvalue weighted by Gasteiger charge is 2.63. The van der Waals surface area contributed by atoms with Gasteiger partial charge in [0.25, 0.3) is 5.91 Å². The fourth-order valence-corrected chi connectivity index (χ4v) is 7.09. The first-order valence-electron chi connectivity index (χ1n) is 14.2. The minimum atomic E-state index is -0.862. The summed E-state index contributed by atoms with van der Waals surface area (Å²) >= 11 is 1.51. The maximum Gasteiger partial charge on any atom is 0.312 e. The second kappa shape index (κ2) is 11.6. The molecule has 3 N–H and O–H groups in total. The van der Waals surface area contributed by atoms with Crippen LogP contribution in [0.4, 0.5) is 0 Å². The molecule has 1 fully saturated rings. The van der Waals surface area contributed by atoms with Crippen molar-refractivity contribution in [2.45, 2.75) is 106 Å². The number of carboxylic acid groups (broad SMARTS) is 1. The number of hydrogen-bond acceptors (Lipinski definition) is 5. The SMILES string of the molecule is CCC(C)[C@]1(C(=O)O)CC1NC(=O)c1sc(C(CC)(CC)c2ccc(OCC(O)C(C)(C)C)c(C)c2)cc1C. The van der Waals surface area contributed by atoms with Gasteiger partial charge in [-0.25, -0.2) is 0 Å². The molecule has 0 aliphatic heterocycles. The lowest BCUT2D eigenvalue weighted by Gasteiger charge is -2.32. The summed E-state index contributed by atoms with van der Waals surface area (Å²) in [5.41, 5.74) is 1.72. The quantitative estimate of drug-likeness (QED) is 0.264. The lowest BCUT2D eigenvalue weighted by molar-refractivity contribution is -0.145. The van der Waals surface area contributed by atoms with Gasteiger partial charge >= 0.3 is 5.97 Å². The van der Waals surface area contributed by atoms with Gasteiger partial charge in [0.15, 0.2) is 0 Å². The molecule has 1 heterocycles. The van der Waals surface area contributed by atoms with Crippen molar-refractivity contribution in [2.24, 2.45) is 16.7 Å². The molecule has 1 amide bonds. The standard InChI is InChI=1S/C32H47NO5S/c1-10-21(6)32(29(36)37)17-24(32)33-28(35)27-20(5)16-26(39-27)31(11-2,12-3)22-13-14-23(19(4)15-22)38-18-25(34)30(7,8)9/h13-16,21,24-25,34H,10-12,17-18H2,1-9H3,(H,33,35)(H,36,37)/t21?,24?,25?,32-/m1/s1. The third kappa shape index (κ3) is 5.90. The van der Waals surface area contributed by atoms with E-state index in [4.69, 9.17) is 4.74 Å². The van der Waals surface area contributed by atoms with Gasteiger partial charge in [-0.2, -0.15) is 0 Å². The summed E-state index contributed by atoms with van der Waals surface area (Å²) in [6, 6.07) is 8.04. The molecule has 216 valence electrons. The summed E-state index contributed by atoms with van der Waals surface area (Å²) in [6.07, 6.45) is 2.41. The van der Waals surface area contributed by atoms with E-state index in [2.05, 4.69) is 37.4 Å². The number of rotatable bonds is 12. The lowest BCUT2D eigenvalue weighted by Crippen LogP contribution is -2.36. The molecule has 3 unspecified atom stereocenters. The van der Waals surface area contributed by atoms with Crippen LogP contribution in [-0.2, 0) is 10.2 Å². The van der Waals surface area contributed by atoms with Gasteiger partial charge in [0.05, 0.1) is 16.4 Å². The largest absolute Gasteiger partial charge is 0.491 e. The van der Waals surface area contributed by atoms with Gasteiger partial charge < -0.3 is 20.3 Å². The number of carbonyl (C=O) groups excluding carboxylic acids is 1. The normalized spacial score (nSPS) is 20.8. The number of carbonyl (C=O) groups is 2. The van der Waals surface area contributed by atoms with Gasteiger partial charge in [0.1, 0.15) is 12.4 Å². The van der Waals surface area contributed by atoms with E-state index in [0.717, 1.165) is 41.0 Å². The first-order valence-corrected chi connectivity index (χ1v) is 15.1. The number of aryl methyl sites for hydroxylation is 2. The lowest BCUT2D eigenvalue weighted by atomic mass is 9.74. The highest BCUT2D eigenvalue weighted by Crippen LogP contribution is 2.54. The van der Waals surface area contributed by atoms with Gasteiger partial charge in [0.2, 0.25) is 0 Å². The monoisotopic (exact) mass is 557 g/mol. The van der Waals surface area contributed by atoms with Crippen LogP contribution in [0, 0.1) is 30.6 Å². The molecule has 2 aromatic rings. The number of aliphatic carboxylic acids is 1. The maximum absolute atomic E-state index is 13.4. The maximum atomic E-state index is 13.4. The van der Waals surface area contributed by atoms with Crippen LogP contribution in [0.15, 0.2) is 24.3 Å². The molecule has 4 atom stereocenters. The van der Waals surface area contributed by atoms with Gasteiger partial charge in [-0.05, 0) is 73.3 Å². The molecule has 0 saturated heterocycles.